The summed E-state index contributed by atoms with van der Waals surface area (Å²) >= 11 is 0. The van der Waals surface area contributed by atoms with Gasteiger partial charge in [0.25, 0.3) is 5.91 Å². The number of esters is 1. The van der Waals surface area contributed by atoms with E-state index in [2.05, 4.69) is 43.8 Å². The van der Waals surface area contributed by atoms with Gasteiger partial charge in [-0.3, -0.25) is 24.2 Å². The lowest BCUT2D eigenvalue weighted by atomic mass is 9.87. The van der Waals surface area contributed by atoms with Crippen molar-refractivity contribution in [3.05, 3.63) is 84.0 Å². The molecule has 13 nitrogen and oxygen atoms in total. The lowest BCUT2D eigenvalue weighted by Gasteiger charge is -2.36. The van der Waals surface area contributed by atoms with E-state index in [1.165, 1.54) is 18.0 Å². The number of allylic oxidation sites excluding steroid dienone is 5. The number of nitrogens with zero attached hydrogens (tertiary/aromatic N) is 2. The summed E-state index contributed by atoms with van der Waals surface area (Å²) in [7, 11) is 1.71. The fourth-order valence-electron chi connectivity index (χ4n) is 7.47. The third-order valence-electron chi connectivity index (χ3n) is 11.0. The molecule has 2 rings (SSSR count). The van der Waals surface area contributed by atoms with Crippen molar-refractivity contribution in [3.8, 4) is 0 Å². The number of nitrogens with one attached hydrogen (secondary N) is 3. The molecule has 5 unspecified atom stereocenters. The van der Waals surface area contributed by atoms with Crippen LogP contribution in [0.15, 0.2) is 78.4 Å². The second kappa shape index (κ2) is 28.9. The van der Waals surface area contributed by atoms with Crippen molar-refractivity contribution < 1.29 is 38.6 Å². The number of hydrogen-bond donors (Lipinski definition) is 4. The topological polar surface area (TPSA) is 174 Å². The predicted molar refractivity (Wildman–Crippen MR) is 249 cm³/mol. The second-order valence-electron chi connectivity index (χ2n) is 18.1. The molecule has 3 amide bonds. The zero-order valence-electron chi connectivity index (χ0n) is 39.5. The molecule has 0 bridgehead atoms. The molecular weight excluding hydrogens is 799 g/mol. The number of Topliss-reactive ketones (excluding diaryl/α,β-unsaturated/α-hetero) is 1. The summed E-state index contributed by atoms with van der Waals surface area (Å²) < 4.78 is 6.16. The highest BCUT2D eigenvalue weighted by atomic mass is 16.5. The monoisotopic (exact) mass is 876 g/mol. The molecule has 4 N–H and O–H groups in total. The molecule has 1 aliphatic rings. The second-order valence-corrected chi connectivity index (χ2v) is 18.1. The third kappa shape index (κ3) is 20.1. The molecule has 1 aliphatic heterocycles. The first-order valence-corrected chi connectivity index (χ1v) is 22.8. The van der Waals surface area contributed by atoms with Gasteiger partial charge in [0.1, 0.15) is 30.3 Å². The number of hydrogen-bond acceptors (Lipinski definition) is 10. The molecule has 0 radical (unpaired) electrons. The Kier molecular flexibility index (Phi) is 24.9. The van der Waals surface area contributed by atoms with Gasteiger partial charge in [-0.15, -0.1) is 0 Å². The van der Waals surface area contributed by atoms with E-state index in [9.17, 15) is 33.9 Å². The molecule has 1 aromatic rings. The molecule has 350 valence electrons. The molecule has 0 aliphatic carbocycles. The fourth-order valence-corrected chi connectivity index (χ4v) is 7.47. The van der Waals surface area contributed by atoms with E-state index in [-0.39, 0.29) is 48.2 Å². The summed E-state index contributed by atoms with van der Waals surface area (Å²) in [6.07, 6.45) is 14.2. The van der Waals surface area contributed by atoms with Crippen LogP contribution in [0.5, 0.6) is 0 Å². The Hall–Kier alpha value is -4.72. The number of carbonyl (C=O) groups excluding carboxylic acids is 6. The molecule has 0 spiro atoms. The number of hydrazine groups is 1. The number of carbonyl (C=O) groups is 6. The average Bonchev–Trinajstić information content (AvgIpc) is 3.23. The highest BCUT2D eigenvalue weighted by molar-refractivity contribution is 5.90. The molecule has 1 aromatic carbocycles. The summed E-state index contributed by atoms with van der Waals surface area (Å²) in [6, 6.07) is 7.25. The lowest BCUT2D eigenvalue weighted by Crippen LogP contribution is -2.61. The van der Waals surface area contributed by atoms with Gasteiger partial charge in [-0.05, 0) is 81.4 Å². The van der Waals surface area contributed by atoms with Gasteiger partial charge in [0.05, 0.1) is 12.1 Å². The molecule has 0 saturated carbocycles. The SMILES string of the molecule is CNC(C(=O)NC(Cc1ccccc1)C(=O)N1CCCC(C(=O)O[C@@H](C/C=C/C=C/CC(C)C(O)[C@H](C=O)CCC(C)=O)/C(C)=C/C=C/C(=O)N(CC(C)C)CC(C)C)N1)C(C)C. The summed E-state index contributed by atoms with van der Waals surface area (Å²) in [4.78, 5) is 79.5. The maximum atomic E-state index is 14.1. The third-order valence-corrected chi connectivity index (χ3v) is 11.0. The van der Waals surface area contributed by atoms with Crippen LogP contribution in [0.4, 0.5) is 0 Å². The maximum absolute atomic E-state index is 14.1. The Morgan fingerprint density at radius 2 is 1.57 bits per heavy atom. The normalized spacial score (nSPS) is 17.8. The first-order valence-electron chi connectivity index (χ1n) is 22.8. The van der Waals surface area contributed by atoms with E-state index in [1.807, 2.05) is 87.2 Å². The lowest BCUT2D eigenvalue weighted by molar-refractivity contribution is -0.156. The van der Waals surface area contributed by atoms with Crippen LogP contribution in [0.2, 0.25) is 0 Å². The quantitative estimate of drug-likeness (QED) is 0.0351. The van der Waals surface area contributed by atoms with E-state index in [0.717, 1.165) is 11.8 Å². The molecule has 63 heavy (non-hydrogen) atoms. The summed E-state index contributed by atoms with van der Waals surface area (Å²) in [5, 5.41) is 18.1. The van der Waals surface area contributed by atoms with Gasteiger partial charge in [-0.2, -0.15) is 0 Å². The maximum Gasteiger partial charge on any atom is 0.325 e. The summed E-state index contributed by atoms with van der Waals surface area (Å²) in [5.74, 6) is -1.52. The van der Waals surface area contributed by atoms with Gasteiger partial charge in [0.15, 0.2) is 0 Å². The van der Waals surface area contributed by atoms with Crippen molar-refractivity contribution in [1.29, 1.82) is 0 Å². The number of likely N-dealkylation sites (N-methyl/N-ethyl adjacent to an activating group) is 1. The Bertz CT molecular complexity index is 1710. The first-order chi connectivity index (χ1) is 29.9. The van der Waals surface area contributed by atoms with Crippen molar-refractivity contribution in [1.82, 2.24) is 26.0 Å². The van der Waals surface area contributed by atoms with Gasteiger partial charge in [0.2, 0.25) is 11.8 Å². The van der Waals surface area contributed by atoms with Crippen LogP contribution < -0.4 is 16.1 Å². The van der Waals surface area contributed by atoms with Crippen LogP contribution in [0.1, 0.15) is 106 Å². The Morgan fingerprint density at radius 1 is 0.937 bits per heavy atom. The van der Waals surface area contributed by atoms with Crippen LogP contribution in [-0.2, 0) is 39.9 Å². The first kappa shape index (κ1) is 54.4. The number of ether oxygens (including phenoxy) is 1. The van der Waals surface area contributed by atoms with Crippen molar-refractivity contribution in [2.75, 3.05) is 26.7 Å². The summed E-state index contributed by atoms with van der Waals surface area (Å²) in [6.45, 7) is 18.9. The zero-order valence-corrected chi connectivity index (χ0v) is 39.5. The smallest absolute Gasteiger partial charge is 0.325 e. The van der Waals surface area contributed by atoms with E-state index >= 15 is 0 Å². The molecule has 1 fully saturated rings. The molecule has 1 saturated heterocycles. The van der Waals surface area contributed by atoms with Gasteiger partial charge >= 0.3 is 5.97 Å². The van der Waals surface area contributed by atoms with Crippen molar-refractivity contribution in [3.63, 3.8) is 0 Å². The molecule has 13 heteroatoms. The van der Waals surface area contributed by atoms with E-state index < -0.39 is 42.2 Å². The number of benzene rings is 1. The van der Waals surface area contributed by atoms with E-state index in [0.29, 0.717) is 69.1 Å². The highest BCUT2D eigenvalue weighted by Gasteiger charge is 2.35. The van der Waals surface area contributed by atoms with Crippen LogP contribution in [0.25, 0.3) is 0 Å². The largest absolute Gasteiger partial charge is 0.456 e. The van der Waals surface area contributed by atoms with E-state index in [1.54, 1.807) is 19.2 Å². The number of aliphatic hydroxyl groups is 1. The van der Waals surface area contributed by atoms with Gasteiger partial charge in [0, 0.05) is 50.9 Å². The van der Waals surface area contributed by atoms with Crippen LogP contribution in [-0.4, -0.2) is 108 Å². The van der Waals surface area contributed by atoms with Crippen molar-refractivity contribution >= 4 is 35.8 Å². The summed E-state index contributed by atoms with van der Waals surface area (Å²) in [5.41, 5.74) is 4.69. The standard InChI is InChI=1S/C50H77N5O8/c1-34(2)31-54(32-35(3)4)45(58)26-18-21-37(7)44(25-17-12-11-14-20-38(8)47(59)41(33-56)28-27-39(9)57)63-50(62)42-24-19-29-55(53-42)49(61)43(30-40-22-15-13-16-23-40)52-48(60)46(51-10)36(5)6/h11-18,21-23,26,33-36,38,41-44,46-47,51,53,59H,19-20,24-25,27-32H2,1-10H3,(H,52,60)/b14-11+,17-12+,26-18+,37-21+/t38?,41-,42?,43?,44-,46?,47?/m0/s1. The molecule has 0 aromatic heterocycles. The molecule has 7 atom stereocenters. The van der Waals surface area contributed by atoms with Crippen molar-refractivity contribution in [2.24, 2.45) is 29.6 Å². The Labute approximate surface area is 377 Å². The van der Waals surface area contributed by atoms with Crippen LogP contribution >= 0.6 is 0 Å². The minimum Gasteiger partial charge on any atom is -0.456 e. The number of aldehydes is 1. The fraction of sp³-hybridized carbons (Fsp3) is 0.600. The number of rotatable bonds is 27. The average molecular weight is 876 g/mol. The van der Waals surface area contributed by atoms with Crippen LogP contribution in [0.3, 0.4) is 0 Å². The van der Waals surface area contributed by atoms with Gasteiger partial charge in [-0.1, -0.05) is 115 Å². The molecule has 1 heterocycles. The van der Waals surface area contributed by atoms with Crippen molar-refractivity contribution in [2.45, 2.75) is 138 Å². The highest BCUT2D eigenvalue weighted by Crippen LogP contribution is 2.21. The molecular formula is C50H77N5O8. The Morgan fingerprint density at radius 3 is 2.14 bits per heavy atom. The van der Waals surface area contributed by atoms with Gasteiger partial charge < -0.3 is 35.0 Å². The van der Waals surface area contributed by atoms with Gasteiger partial charge in [-0.25, -0.2) is 5.43 Å². The number of amides is 3. The minimum absolute atomic E-state index is 0.0124. The zero-order chi connectivity index (χ0) is 47.1. The van der Waals surface area contributed by atoms with Crippen LogP contribution in [0, 0.1) is 29.6 Å². The predicted octanol–water partition coefficient (Wildman–Crippen LogP) is 6.08. The number of aliphatic hydroxyl groups excluding tert-OH is 1. The van der Waals surface area contributed by atoms with E-state index in [4.69, 9.17) is 4.74 Å². The minimum atomic E-state index is -0.885. The Balaban J connectivity index is 2.30. The number of ketones is 1.